The third kappa shape index (κ3) is 5.58. The highest BCUT2D eigenvalue weighted by atomic mass is 16.3. The molecule has 0 unspecified atom stereocenters. The average molecular weight is 761 g/mol. The number of rotatable bonds is 6. The summed E-state index contributed by atoms with van der Waals surface area (Å²) in [4.78, 5) is 12.2. The van der Waals surface area contributed by atoms with E-state index in [0.29, 0.717) is 32.2 Å². The lowest BCUT2D eigenvalue weighted by molar-refractivity contribution is -0.142. The van der Waals surface area contributed by atoms with Crippen LogP contribution in [0.3, 0.4) is 0 Å². The van der Waals surface area contributed by atoms with E-state index in [1.165, 1.54) is 17.4 Å². The monoisotopic (exact) mass is 760 g/mol. The minimum atomic E-state index is -1.47. The summed E-state index contributed by atoms with van der Waals surface area (Å²) >= 11 is 0. The van der Waals surface area contributed by atoms with E-state index in [1.54, 1.807) is 19.6 Å². The molecule has 0 amide bonds. The summed E-state index contributed by atoms with van der Waals surface area (Å²) in [5, 5.41) is 56.0. The molecule has 0 aliphatic heterocycles. The fourth-order valence-electron chi connectivity index (χ4n) is 14.6. The maximum atomic E-state index is 13.7. The topological polar surface area (TPSA) is 165 Å². The molecule has 2 heterocycles. The molecule has 0 saturated heterocycles. The summed E-state index contributed by atoms with van der Waals surface area (Å²) in [6.07, 6.45) is 19.4. The van der Waals surface area contributed by atoms with Crippen LogP contribution < -0.4 is 11.1 Å². The molecule has 6 fully saturated rings. The number of aliphatic imine (C=N–C) groups is 1. The molecule has 11 rings (SSSR count). The summed E-state index contributed by atoms with van der Waals surface area (Å²) in [6.45, 7) is 0.497. The van der Waals surface area contributed by atoms with Crippen molar-refractivity contribution in [2.24, 2.45) is 57.1 Å². The molecule has 8 aliphatic carbocycles. The average Bonchev–Trinajstić information content (AvgIpc) is 3.96. The molecule has 8 aliphatic rings. The molecule has 2 aromatic heterocycles. The van der Waals surface area contributed by atoms with Crippen LogP contribution in [0.1, 0.15) is 95.6 Å². The third-order valence-electron chi connectivity index (χ3n) is 16.7. The molecule has 56 heavy (non-hydrogen) atoms. The van der Waals surface area contributed by atoms with Crippen molar-refractivity contribution in [3.63, 3.8) is 0 Å². The van der Waals surface area contributed by atoms with Crippen LogP contribution in [0, 0.1) is 58.2 Å². The van der Waals surface area contributed by atoms with E-state index in [9.17, 15) is 20.4 Å². The normalized spacial score (nSPS) is 43.3. The number of benzene rings is 1. The maximum absolute atomic E-state index is 13.7. The lowest BCUT2D eigenvalue weighted by Crippen LogP contribution is -2.56. The number of nitrogens with zero attached hydrogens (tertiary/aromatic N) is 3. The van der Waals surface area contributed by atoms with E-state index in [2.05, 4.69) is 68.5 Å². The number of aromatic amines is 1. The Bertz CT molecular complexity index is 2060. The second-order valence-electron chi connectivity index (χ2n) is 19.5. The van der Waals surface area contributed by atoms with Gasteiger partial charge in [-0.15, -0.1) is 0 Å². The van der Waals surface area contributed by atoms with Gasteiger partial charge < -0.3 is 41.0 Å². The minimum Gasteiger partial charge on any atom is -0.390 e. The molecule has 298 valence electrons. The van der Waals surface area contributed by atoms with Gasteiger partial charge in [0.25, 0.3) is 0 Å². The zero-order valence-electron chi connectivity index (χ0n) is 32.8. The first kappa shape index (κ1) is 36.7. The highest BCUT2D eigenvalue weighted by Gasteiger charge is 2.73. The zero-order chi connectivity index (χ0) is 38.5. The number of guanidine groups is 1. The number of hydrogen-bond donors (Lipinski definition) is 7. The number of aromatic nitrogens is 3. The number of nitrogens with two attached hydrogens (primary N) is 1. The molecule has 12 atom stereocenters. The molecule has 10 nitrogen and oxygen atoms in total. The van der Waals surface area contributed by atoms with Crippen LogP contribution >= 0.6 is 0 Å². The van der Waals surface area contributed by atoms with Crippen molar-refractivity contribution >= 4 is 16.9 Å². The van der Waals surface area contributed by atoms with Crippen molar-refractivity contribution in [1.29, 1.82) is 0 Å². The Morgan fingerprint density at radius 1 is 1.02 bits per heavy atom. The number of hydrogen-bond acceptors (Lipinski definition) is 6. The first-order valence-corrected chi connectivity index (χ1v) is 21.6. The molecule has 3 aromatic rings. The highest BCUT2D eigenvalue weighted by molar-refractivity contribution is 5.80. The van der Waals surface area contributed by atoms with Crippen LogP contribution in [0.15, 0.2) is 65.7 Å². The molecule has 0 radical (unpaired) electrons. The van der Waals surface area contributed by atoms with Gasteiger partial charge in [0.05, 0.1) is 41.8 Å². The summed E-state index contributed by atoms with van der Waals surface area (Å²) in [7, 11) is 1.65. The standard InChI is InChI=1S/C46H60N6O4/c1-48-41(47)51-34-13-11-31-22-42(15-16-43(54,26-42)27-52-18-17-49-28-52)23-33(20-35-19-29-7-5-6-10-38(29)50-35)44(31)24-32-12-14-36(44)40-37(21-39(53)45(40,55)25-34)46(32,56)30-8-3-2-4-9-30/h5-7,10,17-19,23,28,30-32,34,36-37,39-40,50,53-56H,2-4,8-9,12,14-16,20-22,24-27H2,1H3,(H3,47,48,51)/t31-,32+,34-,36+,37-,39+,40-,42-,43-,44-,45-,46+/m0/s1. The lowest BCUT2D eigenvalue weighted by Gasteiger charge is -2.58. The van der Waals surface area contributed by atoms with Crippen molar-refractivity contribution in [2.75, 3.05) is 7.05 Å². The van der Waals surface area contributed by atoms with E-state index >= 15 is 0 Å². The Balaban J connectivity index is 1.18. The van der Waals surface area contributed by atoms with Gasteiger partial charge >= 0.3 is 0 Å². The van der Waals surface area contributed by atoms with Crippen molar-refractivity contribution in [1.82, 2.24) is 19.9 Å². The molecule has 6 saturated carbocycles. The number of H-pyrrole nitrogens is 1. The number of fused-ring (bicyclic) bond motifs is 2. The highest BCUT2D eigenvalue weighted by Crippen LogP contribution is 2.73. The molecule has 1 aromatic carbocycles. The van der Waals surface area contributed by atoms with Crippen LogP contribution in [0.5, 0.6) is 0 Å². The van der Waals surface area contributed by atoms with Crippen molar-refractivity contribution in [3.8, 4) is 11.8 Å². The van der Waals surface area contributed by atoms with E-state index in [1.807, 2.05) is 10.8 Å². The van der Waals surface area contributed by atoms with Crippen LogP contribution in [-0.4, -0.2) is 76.9 Å². The number of nitrogens with one attached hydrogen (secondary N) is 2. The predicted octanol–water partition coefficient (Wildman–Crippen LogP) is 5.22. The molecule has 4 bridgehead atoms. The number of allylic oxidation sites excluding steroid dienone is 2. The van der Waals surface area contributed by atoms with Crippen molar-refractivity contribution in [3.05, 3.63) is 66.4 Å². The largest absolute Gasteiger partial charge is 0.390 e. The first-order valence-electron chi connectivity index (χ1n) is 21.6. The summed E-state index contributed by atoms with van der Waals surface area (Å²) in [5.41, 5.74) is 5.86. The van der Waals surface area contributed by atoms with Gasteiger partial charge in [-0.25, -0.2) is 4.98 Å². The SMILES string of the molecule is CN=C(N)N[C@H]1C#C[C@H]2C[C@]3(C=C(Cc4cc5ccccc5[nH]4)[C@]24C[C@H]2CC[C@@H]4[C@H]4[C@H](C[C@@H](O)[C@@]4(O)C1)[C@@]2(O)C1CCCCC1)CC[C@@](O)(Cn1ccnc1)C3. The number of aliphatic hydroxyl groups excluding tert-OH is 1. The van der Waals surface area contributed by atoms with Crippen molar-refractivity contribution < 1.29 is 20.4 Å². The molecule has 8 N–H and O–H groups in total. The minimum absolute atomic E-state index is 0.0120. The van der Waals surface area contributed by atoms with Crippen LogP contribution in [0.2, 0.25) is 0 Å². The van der Waals surface area contributed by atoms with Gasteiger partial charge in [-0.05, 0) is 117 Å². The van der Waals surface area contributed by atoms with Gasteiger partial charge in [0.2, 0.25) is 0 Å². The third-order valence-corrected chi connectivity index (χ3v) is 16.7. The van der Waals surface area contributed by atoms with Gasteiger partial charge in [-0.1, -0.05) is 61.0 Å². The van der Waals surface area contributed by atoms with E-state index < -0.39 is 34.4 Å². The molecular weight excluding hydrogens is 701 g/mol. The fraction of sp³-hybridized carbons (Fsp3) is 0.652. The van der Waals surface area contributed by atoms with E-state index in [0.717, 1.165) is 69.0 Å². The Labute approximate surface area is 330 Å². The number of para-hydroxylation sites is 1. The maximum Gasteiger partial charge on any atom is 0.189 e. The molecule has 2 spiro atoms. The summed E-state index contributed by atoms with van der Waals surface area (Å²) < 4.78 is 2.00. The van der Waals surface area contributed by atoms with Crippen molar-refractivity contribution in [2.45, 2.75) is 132 Å². The van der Waals surface area contributed by atoms with Gasteiger partial charge in [-0.2, -0.15) is 0 Å². The van der Waals surface area contributed by atoms with Gasteiger partial charge in [0.1, 0.15) is 0 Å². The lowest BCUT2D eigenvalue weighted by atomic mass is 9.46. The van der Waals surface area contributed by atoms with Crippen LogP contribution in [0.4, 0.5) is 0 Å². The molecular formula is C46H60N6O4. The quantitative estimate of drug-likeness (QED) is 0.0784. The smallest absolute Gasteiger partial charge is 0.189 e. The summed E-state index contributed by atoms with van der Waals surface area (Å²) in [5.74, 6) is 7.36. The predicted molar refractivity (Wildman–Crippen MR) is 216 cm³/mol. The Hall–Kier alpha value is -3.62. The Morgan fingerprint density at radius 3 is 2.64 bits per heavy atom. The van der Waals surface area contributed by atoms with E-state index in [-0.39, 0.29) is 53.3 Å². The fourth-order valence-corrected chi connectivity index (χ4v) is 14.6. The molecule has 10 heteroatoms. The Kier molecular flexibility index (Phi) is 8.65. The van der Waals surface area contributed by atoms with Gasteiger partial charge in [0, 0.05) is 54.8 Å². The first-order chi connectivity index (χ1) is 27.0. The van der Waals surface area contributed by atoms with Gasteiger partial charge in [0.15, 0.2) is 5.96 Å². The van der Waals surface area contributed by atoms with Crippen LogP contribution in [0.25, 0.3) is 10.9 Å². The number of imidazole rings is 1. The zero-order valence-corrected chi connectivity index (χ0v) is 32.8. The van der Waals surface area contributed by atoms with Gasteiger partial charge in [-0.3, -0.25) is 4.99 Å². The second-order valence-corrected chi connectivity index (χ2v) is 19.5. The van der Waals surface area contributed by atoms with Crippen LogP contribution in [-0.2, 0) is 13.0 Å². The number of aliphatic hydroxyl groups is 4. The Morgan fingerprint density at radius 2 is 1.86 bits per heavy atom. The summed E-state index contributed by atoms with van der Waals surface area (Å²) in [6, 6.07) is 10.2. The second kappa shape index (κ2) is 13.2. The van der Waals surface area contributed by atoms with E-state index in [4.69, 9.17) is 5.73 Å².